The third-order valence-electron chi connectivity index (χ3n) is 2.13. The maximum Gasteiger partial charge on any atom is 0.0931 e. The molecular formula is C12H18ClNS. The summed E-state index contributed by atoms with van der Waals surface area (Å²) in [5.41, 5.74) is 1.20. The predicted molar refractivity (Wildman–Crippen MR) is 69.8 cm³/mol. The fourth-order valence-electron chi connectivity index (χ4n) is 1.46. The summed E-state index contributed by atoms with van der Waals surface area (Å²) in [5, 5.41) is 3.52. The van der Waals surface area contributed by atoms with E-state index < -0.39 is 0 Å². The normalized spacial score (nSPS) is 12.7. The monoisotopic (exact) mass is 243 g/mol. The minimum atomic E-state index is 0.375. The van der Waals surface area contributed by atoms with Crippen molar-refractivity contribution in [2.24, 2.45) is 0 Å². The van der Waals surface area contributed by atoms with Crippen LogP contribution in [0.2, 0.25) is 4.34 Å². The minimum absolute atomic E-state index is 0.375. The molecule has 0 aliphatic carbocycles. The summed E-state index contributed by atoms with van der Waals surface area (Å²) in [4.78, 5) is 1.30. The van der Waals surface area contributed by atoms with Gasteiger partial charge in [-0.1, -0.05) is 24.1 Å². The molecule has 1 heterocycles. The van der Waals surface area contributed by atoms with Crippen LogP contribution in [0.15, 0.2) is 24.3 Å². The first-order valence-electron chi connectivity index (χ1n) is 5.26. The van der Waals surface area contributed by atoms with E-state index in [0.29, 0.717) is 6.04 Å². The molecule has 1 atom stereocenters. The van der Waals surface area contributed by atoms with Crippen molar-refractivity contribution in [1.82, 2.24) is 5.32 Å². The predicted octanol–water partition coefficient (Wildman–Crippen LogP) is 4.41. The van der Waals surface area contributed by atoms with E-state index >= 15 is 0 Å². The van der Waals surface area contributed by atoms with Crippen LogP contribution in [0.25, 0.3) is 0 Å². The highest BCUT2D eigenvalue weighted by molar-refractivity contribution is 7.16. The van der Waals surface area contributed by atoms with E-state index in [2.05, 4.69) is 31.8 Å². The van der Waals surface area contributed by atoms with Crippen molar-refractivity contribution in [2.45, 2.75) is 32.7 Å². The highest BCUT2D eigenvalue weighted by Crippen LogP contribution is 2.30. The van der Waals surface area contributed by atoms with Crippen LogP contribution < -0.4 is 5.32 Å². The molecular weight excluding hydrogens is 226 g/mol. The van der Waals surface area contributed by atoms with E-state index in [1.54, 1.807) is 11.3 Å². The number of halogens is 1. The van der Waals surface area contributed by atoms with E-state index in [1.165, 1.54) is 10.5 Å². The molecule has 15 heavy (non-hydrogen) atoms. The molecule has 0 bridgehead atoms. The van der Waals surface area contributed by atoms with E-state index in [0.717, 1.165) is 23.7 Å². The van der Waals surface area contributed by atoms with Gasteiger partial charge < -0.3 is 5.32 Å². The first-order valence-corrected chi connectivity index (χ1v) is 6.46. The summed E-state index contributed by atoms with van der Waals surface area (Å²) in [7, 11) is 0. The van der Waals surface area contributed by atoms with E-state index in [4.69, 9.17) is 11.6 Å². The first-order chi connectivity index (χ1) is 7.13. The topological polar surface area (TPSA) is 12.0 Å². The van der Waals surface area contributed by atoms with Crippen molar-refractivity contribution in [3.05, 3.63) is 33.5 Å². The maximum atomic E-state index is 5.94. The third-order valence-corrected chi connectivity index (χ3v) is 3.48. The van der Waals surface area contributed by atoms with Gasteiger partial charge in [-0.25, -0.2) is 0 Å². The second-order valence-corrected chi connectivity index (χ2v) is 5.56. The van der Waals surface area contributed by atoms with Crippen molar-refractivity contribution in [3.8, 4) is 0 Å². The van der Waals surface area contributed by atoms with Crippen LogP contribution in [0.4, 0.5) is 0 Å². The van der Waals surface area contributed by atoms with Gasteiger partial charge >= 0.3 is 0 Å². The van der Waals surface area contributed by atoms with Crippen molar-refractivity contribution >= 4 is 22.9 Å². The lowest BCUT2D eigenvalue weighted by Crippen LogP contribution is -2.21. The number of hydrogen-bond donors (Lipinski definition) is 1. The Morgan fingerprint density at radius 2 is 2.33 bits per heavy atom. The van der Waals surface area contributed by atoms with Crippen LogP contribution in [0.1, 0.15) is 37.6 Å². The molecule has 3 heteroatoms. The van der Waals surface area contributed by atoms with Gasteiger partial charge in [0, 0.05) is 10.9 Å². The molecule has 0 radical (unpaired) electrons. The zero-order valence-corrected chi connectivity index (χ0v) is 10.9. The van der Waals surface area contributed by atoms with Gasteiger partial charge in [0.25, 0.3) is 0 Å². The first kappa shape index (κ1) is 12.8. The highest BCUT2D eigenvalue weighted by Gasteiger charge is 2.12. The largest absolute Gasteiger partial charge is 0.309 e. The van der Waals surface area contributed by atoms with E-state index in [9.17, 15) is 0 Å². The molecule has 1 aromatic heterocycles. The Labute approximate surface area is 101 Å². The fourth-order valence-corrected chi connectivity index (χ4v) is 2.59. The molecule has 1 rings (SSSR count). The van der Waals surface area contributed by atoms with Gasteiger partial charge in [0.15, 0.2) is 0 Å². The van der Waals surface area contributed by atoms with Crippen molar-refractivity contribution in [1.29, 1.82) is 0 Å². The molecule has 84 valence electrons. The Kier molecular flexibility index (Phi) is 5.37. The van der Waals surface area contributed by atoms with Gasteiger partial charge in [0.2, 0.25) is 0 Å². The van der Waals surface area contributed by atoms with Crippen LogP contribution in [0.3, 0.4) is 0 Å². The average molecular weight is 244 g/mol. The molecule has 1 nitrogen and oxygen atoms in total. The second kappa shape index (κ2) is 6.31. The van der Waals surface area contributed by atoms with Crippen molar-refractivity contribution in [3.63, 3.8) is 0 Å². The Morgan fingerprint density at radius 3 is 2.80 bits per heavy atom. The fraction of sp³-hybridized carbons (Fsp3) is 0.500. The van der Waals surface area contributed by atoms with Gasteiger partial charge in [-0.15, -0.1) is 17.9 Å². The molecule has 1 N–H and O–H groups in total. The Hall–Kier alpha value is -0.310. The average Bonchev–Trinajstić information content (AvgIpc) is 2.58. The minimum Gasteiger partial charge on any atom is -0.309 e. The third kappa shape index (κ3) is 4.37. The molecule has 0 amide bonds. The number of nitrogens with one attached hydrogen (secondary N) is 1. The Bertz CT molecular complexity index is 319. The van der Waals surface area contributed by atoms with Crippen LogP contribution in [-0.4, -0.2) is 6.54 Å². The summed E-state index contributed by atoms with van der Waals surface area (Å²) >= 11 is 7.59. The van der Waals surface area contributed by atoms with Crippen LogP contribution in [0, 0.1) is 0 Å². The molecule has 0 aliphatic heterocycles. The van der Waals surface area contributed by atoms with Crippen LogP contribution in [-0.2, 0) is 0 Å². The summed E-state index contributed by atoms with van der Waals surface area (Å²) in [6.07, 6.45) is 2.13. The zero-order valence-electron chi connectivity index (χ0n) is 9.35. The van der Waals surface area contributed by atoms with E-state index in [1.807, 2.05) is 6.07 Å². The van der Waals surface area contributed by atoms with Crippen molar-refractivity contribution in [2.75, 3.05) is 6.54 Å². The number of hydrogen-bond acceptors (Lipinski definition) is 2. The lowest BCUT2D eigenvalue weighted by Gasteiger charge is -2.16. The summed E-state index contributed by atoms with van der Waals surface area (Å²) in [5.74, 6) is 0. The van der Waals surface area contributed by atoms with Crippen LogP contribution in [0.5, 0.6) is 0 Å². The molecule has 0 aromatic carbocycles. The SMILES string of the molecule is C=C(C)CC(NCCC)c1ccc(Cl)s1. The van der Waals surface area contributed by atoms with Gasteiger partial charge in [-0.05, 0) is 38.4 Å². The molecule has 0 saturated heterocycles. The molecule has 1 unspecified atom stereocenters. The summed E-state index contributed by atoms with van der Waals surface area (Å²) < 4.78 is 0.856. The van der Waals surface area contributed by atoms with Gasteiger partial charge in [-0.3, -0.25) is 0 Å². The molecule has 0 spiro atoms. The Balaban J connectivity index is 2.66. The van der Waals surface area contributed by atoms with E-state index in [-0.39, 0.29) is 0 Å². The zero-order chi connectivity index (χ0) is 11.3. The summed E-state index contributed by atoms with van der Waals surface area (Å²) in [6, 6.07) is 4.43. The lowest BCUT2D eigenvalue weighted by atomic mass is 10.1. The van der Waals surface area contributed by atoms with Gasteiger partial charge in [-0.2, -0.15) is 0 Å². The Morgan fingerprint density at radius 1 is 1.60 bits per heavy atom. The number of rotatable bonds is 6. The summed E-state index contributed by atoms with van der Waals surface area (Å²) in [6.45, 7) is 9.24. The smallest absolute Gasteiger partial charge is 0.0931 e. The van der Waals surface area contributed by atoms with Crippen LogP contribution >= 0.6 is 22.9 Å². The molecule has 0 saturated carbocycles. The molecule has 0 fully saturated rings. The molecule has 0 aliphatic rings. The van der Waals surface area contributed by atoms with Crippen molar-refractivity contribution < 1.29 is 0 Å². The maximum absolute atomic E-state index is 5.94. The highest BCUT2D eigenvalue weighted by atomic mass is 35.5. The lowest BCUT2D eigenvalue weighted by molar-refractivity contribution is 0.535. The van der Waals surface area contributed by atoms with Gasteiger partial charge in [0.1, 0.15) is 0 Å². The standard InChI is InChI=1S/C12H18ClNS/c1-4-7-14-10(8-9(2)3)11-5-6-12(13)15-11/h5-6,10,14H,2,4,7-8H2,1,3H3. The number of thiophene rings is 1. The quantitative estimate of drug-likeness (QED) is 0.730. The molecule has 1 aromatic rings. The van der Waals surface area contributed by atoms with Gasteiger partial charge in [0.05, 0.1) is 4.34 Å². The second-order valence-electron chi connectivity index (χ2n) is 3.81.